The molecule has 1 aliphatic rings. The molecule has 5 nitrogen and oxygen atoms in total. The van der Waals surface area contributed by atoms with Gasteiger partial charge in [0.05, 0.1) is 18.6 Å². The van der Waals surface area contributed by atoms with Gasteiger partial charge in [0.15, 0.2) is 0 Å². The van der Waals surface area contributed by atoms with Crippen LogP contribution >= 0.6 is 11.8 Å². The molecular formula is C23H25NO4S. The zero-order valence-corrected chi connectivity index (χ0v) is 17.9. The highest BCUT2D eigenvalue weighted by atomic mass is 32.2. The predicted molar refractivity (Wildman–Crippen MR) is 116 cm³/mol. The van der Waals surface area contributed by atoms with Gasteiger partial charge in [0.2, 0.25) is 0 Å². The van der Waals surface area contributed by atoms with Crippen molar-refractivity contribution in [3.8, 4) is 11.5 Å². The summed E-state index contributed by atoms with van der Waals surface area (Å²) in [7, 11) is 1.66. The Morgan fingerprint density at radius 2 is 1.86 bits per heavy atom. The highest BCUT2D eigenvalue weighted by Gasteiger charge is 2.35. The molecule has 0 radical (unpaired) electrons. The number of hydrogen-bond donors (Lipinski definition) is 0. The van der Waals surface area contributed by atoms with Crippen molar-refractivity contribution in [3.63, 3.8) is 0 Å². The molecule has 0 spiro atoms. The van der Waals surface area contributed by atoms with Crippen molar-refractivity contribution in [2.24, 2.45) is 0 Å². The van der Waals surface area contributed by atoms with Crippen LogP contribution in [0, 0.1) is 6.92 Å². The molecule has 1 fully saturated rings. The molecule has 6 heteroatoms. The van der Waals surface area contributed by atoms with Gasteiger partial charge in [-0.15, -0.1) is 0 Å². The molecule has 0 bridgehead atoms. The van der Waals surface area contributed by atoms with E-state index in [1.807, 2.05) is 49.4 Å². The second kappa shape index (κ2) is 9.18. The summed E-state index contributed by atoms with van der Waals surface area (Å²) in [4.78, 5) is 26.8. The number of imide groups is 1. The predicted octanol–water partition coefficient (Wildman–Crippen LogP) is 5.24. The Morgan fingerprint density at radius 1 is 1.14 bits per heavy atom. The summed E-state index contributed by atoms with van der Waals surface area (Å²) in [5, 5.41) is -0.270. The number of aryl methyl sites for hydroxylation is 1. The van der Waals surface area contributed by atoms with E-state index < -0.39 is 0 Å². The van der Waals surface area contributed by atoms with Crippen molar-refractivity contribution in [1.29, 1.82) is 0 Å². The SMILES string of the molecule is COc1cc(C)c(/C=C2\SC(=O)N(CCOc3ccccc3)C2=O)cc1C(C)C. The van der Waals surface area contributed by atoms with E-state index in [9.17, 15) is 9.59 Å². The average Bonchev–Trinajstić information content (AvgIpc) is 2.97. The van der Waals surface area contributed by atoms with Gasteiger partial charge >= 0.3 is 0 Å². The van der Waals surface area contributed by atoms with Gasteiger partial charge in [-0.05, 0) is 71.6 Å². The summed E-state index contributed by atoms with van der Waals surface area (Å²) in [6, 6.07) is 13.3. The zero-order valence-electron chi connectivity index (χ0n) is 17.1. The molecule has 1 saturated heterocycles. The number of hydrogen-bond acceptors (Lipinski definition) is 5. The Kier molecular flexibility index (Phi) is 6.64. The minimum absolute atomic E-state index is 0.218. The number of benzene rings is 2. The lowest BCUT2D eigenvalue weighted by Gasteiger charge is -2.15. The van der Waals surface area contributed by atoms with Crippen LogP contribution in [0.3, 0.4) is 0 Å². The maximum atomic E-state index is 12.8. The average molecular weight is 412 g/mol. The van der Waals surface area contributed by atoms with E-state index in [-0.39, 0.29) is 30.2 Å². The molecule has 0 atom stereocenters. The first-order chi connectivity index (χ1) is 13.9. The summed E-state index contributed by atoms with van der Waals surface area (Å²) >= 11 is 0.968. The van der Waals surface area contributed by atoms with Crippen LogP contribution in [0.1, 0.15) is 36.5 Å². The highest BCUT2D eigenvalue weighted by molar-refractivity contribution is 8.18. The van der Waals surface area contributed by atoms with Gasteiger partial charge in [0.1, 0.15) is 18.1 Å². The fourth-order valence-electron chi connectivity index (χ4n) is 3.10. The topological polar surface area (TPSA) is 55.8 Å². The first kappa shape index (κ1) is 21.0. The van der Waals surface area contributed by atoms with Crippen LogP contribution in [-0.4, -0.2) is 36.3 Å². The lowest BCUT2D eigenvalue weighted by Crippen LogP contribution is -2.32. The van der Waals surface area contributed by atoms with Crippen LogP contribution in [0.25, 0.3) is 6.08 Å². The molecular weight excluding hydrogens is 386 g/mol. The van der Waals surface area contributed by atoms with Crippen LogP contribution in [0.2, 0.25) is 0 Å². The zero-order chi connectivity index (χ0) is 21.0. The van der Waals surface area contributed by atoms with E-state index in [2.05, 4.69) is 13.8 Å². The normalized spacial score (nSPS) is 15.5. The third-order valence-electron chi connectivity index (χ3n) is 4.73. The lowest BCUT2D eigenvalue weighted by molar-refractivity contribution is -0.123. The number of carbonyl (C=O) groups is 2. The van der Waals surface area contributed by atoms with Crippen LogP contribution in [0.15, 0.2) is 47.4 Å². The van der Waals surface area contributed by atoms with Crippen molar-refractivity contribution in [2.75, 3.05) is 20.3 Å². The third kappa shape index (κ3) is 4.82. The molecule has 2 aromatic rings. The molecule has 29 heavy (non-hydrogen) atoms. The number of carbonyl (C=O) groups excluding carboxylic acids is 2. The first-order valence-electron chi connectivity index (χ1n) is 9.52. The summed E-state index contributed by atoms with van der Waals surface area (Å²) in [6.45, 7) is 6.63. The van der Waals surface area contributed by atoms with Gasteiger partial charge in [0, 0.05) is 0 Å². The molecule has 1 aliphatic heterocycles. The Hall–Kier alpha value is -2.73. The van der Waals surface area contributed by atoms with Gasteiger partial charge in [-0.3, -0.25) is 14.5 Å². The molecule has 2 aromatic carbocycles. The molecule has 0 N–H and O–H groups in total. The molecule has 3 rings (SSSR count). The quantitative estimate of drug-likeness (QED) is 0.583. The van der Waals surface area contributed by atoms with E-state index in [4.69, 9.17) is 9.47 Å². The van der Waals surface area contributed by atoms with Crippen molar-refractivity contribution < 1.29 is 19.1 Å². The number of thioether (sulfide) groups is 1. The van der Waals surface area contributed by atoms with Gasteiger partial charge in [0.25, 0.3) is 11.1 Å². The maximum absolute atomic E-state index is 12.8. The molecule has 2 amide bonds. The summed E-state index contributed by atoms with van der Waals surface area (Å²) in [5.41, 5.74) is 2.98. The second-order valence-corrected chi connectivity index (χ2v) is 8.09. The van der Waals surface area contributed by atoms with Crippen molar-refractivity contribution in [2.45, 2.75) is 26.7 Å². The molecule has 1 heterocycles. The molecule has 0 saturated carbocycles. The number of para-hydroxylation sites is 1. The van der Waals surface area contributed by atoms with Crippen molar-refractivity contribution >= 4 is 29.0 Å². The smallest absolute Gasteiger partial charge is 0.293 e. The van der Waals surface area contributed by atoms with E-state index in [1.54, 1.807) is 13.2 Å². The Morgan fingerprint density at radius 3 is 2.52 bits per heavy atom. The Balaban J connectivity index is 1.75. The monoisotopic (exact) mass is 411 g/mol. The summed E-state index contributed by atoms with van der Waals surface area (Å²) in [5.74, 6) is 1.55. The fourth-order valence-corrected chi connectivity index (χ4v) is 3.96. The van der Waals surface area contributed by atoms with Gasteiger partial charge in [-0.1, -0.05) is 32.0 Å². The van der Waals surface area contributed by atoms with Gasteiger partial charge in [-0.2, -0.15) is 0 Å². The van der Waals surface area contributed by atoms with Crippen molar-refractivity contribution in [3.05, 3.63) is 64.1 Å². The number of amides is 2. The van der Waals surface area contributed by atoms with E-state index >= 15 is 0 Å². The van der Waals surface area contributed by atoms with E-state index in [1.165, 1.54) is 4.90 Å². The van der Waals surface area contributed by atoms with Gasteiger partial charge in [-0.25, -0.2) is 0 Å². The largest absolute Gasteiger partial charge is 0.496 e. The van der Waals surface area contributed by atoms with Crippen LogP contribution in [0.5, 0.6) is 11.5 Å². The number of ether oxygens (including phenoxy) is 2. The standard InChI is InChI=1S/C23H25NO4S/c1-15(2)19-13-17(16(3)12-20(19)27-4)14-21-22(25)24(23(26)29-21)10-11-28-18-8-6-5-7-9-18/h5-9,12-15H,10-11H2,1-4H3/b21-14-. The minimum atomic E-state index is -0.280. The molecule has 0 aromatic heterocycles. The number of nitrogens with zero attached hydrogens (tertiary/aromatic N) is 1. The van der Waals surface area contributed by atoms with Crippen LogP contribution in [-0.2, 0) is 4.79 Å². The third-order valence-corrected chi connectivity index (χ3v) is 5.63. The fraction of sp³-hybridized carbons (Fsp3) is 0.304. The Labute approximate surface area is 175 Å². The van der Waals surface area contributed by atoms with Crippen molar-refractivity contribution in [1.82, 2.24) is 4.90 Å². The highest BCUT2D eigenvalue weighted by Crippen LogP contribution is 2.35. The summed E-state index contributed by atoms with van der Waals surface area (Å²) in [6.07, 6.45) is 1.80. The number of methoxy groups -OCH3 is 1. The molecule has 0 aliphatic carbocycles. The number of rotatable bonds is 7. The maximum Gasteiger partial charge on any atom is 0.293 e. The van der Waals surface area contributed by atoms with Gasteiger partial charge < -0.3 is 9.47 Å². The van der Waals surface area contributed by atoms with Crippen LogP contribution < -0.4 is 9.47 Å². The minimum Gasteiger partial charge on any atom is -0.496 e. The van der Waals surface area contributed by atoms with Crippen LogP contribution in [0.4, 0.5) is 4.79 Å². The molecule has 0 unspecified atom stereocenters. The van der Waals surface area contributed by atoms with E-state index in [0.29, 0.717) is 10.7 Å². The second-order valence-electron chi connectivity index (χ2n) is 7.10. The lowest BCUT2D eigenvalue weighted by atomic mass is 9.96. The summed E-state index contributed by atoms with van der Waals surface area (Å²) < 4.78 is 11.1. The first-order valence-corrected chi connectivity index (χ1v) is 10.3. The Bertz CT molecular complexity index is 937. The molecule has 152 valence electrons. The van der Waals surface area contributed by atoms with E-state index in [0.717, 1.165) is 34.2 Å².